The Bertz CT molecular complexity index is 663. The fraction of sp³-hybridized carbons (Fsp3) is 0.400. The fourth-order valence-electron chi connectivity index (χ4n) is 2.76. The number of hydrogen-bond acceptors (Lipinski definition) is 3. The zero-order valence-corrected chi connectivity index (χ0v) is 14.9. The van der Waals surface area contributed by atoms with Gasteiger partial charge in [-0.2, -0.15) is 0 Å². The predicted octanol–water partition coefficient (Wildman–Crippen LogP) is 4.52. The number of anilines is 2. The first kappa shape index (κ1) is 18.0. The lowest BCUT2D eigenvalue weighted by Crippen LogP contribution is -2.26. The Hall–Kier alpha value is -2.36. The second kappa shape index (κ2) is 9.06. The summed E-state index contributed by atoms with van der Waals surface area (Å²) in [6, 6.07) is 11.6. The van der Waals surface area contributed by atoms with Crippen molar-refractivity contribution in [2.45, 2.75) is 40.0 Å². The van der Waals surface area contributed by atoms with Gasteiger partial charge in [-0.25, -0.2) is 4.98 Å². The Morgan fingerprint density at radius 1 is 1.08 bits per heavy atom. The van der Waals surface area contributed by atoms with Crippen molar-refractivity contribution in [1.82, 2.24) is 4.98 Å². The molecular formula is C20H27N3O. The Morgan fingerprint density at radius 2 is 1.79 bits per heavy atom. The van der Waals surface area contributed by atoms with E-state index < -0.39 is 0 Å². The summed E-state index contributed by atoms with van der Waals surface area (Å²) >= 11 is 0. The van der Waals surface area contributed by atoms with Crippen LogP contribution < -0.4 is 10.2 Å². The Morgan fingerprint density at radius 3 is 2.46 bits per heavy atom. The summed E-state index contributed by atoms with van der Waals surface area (Å²) in [7, 11) is 0. The van der Waals surface area contributed by atoms with E-state index in [2.05, 4.69) is 36.0 Å². The zero-order chi connectivity index (χ0) is 17.4. The molecule has 0 atom stereocenters. The van der Waals surface area contributed by atoms with Gasteiger partial charge >= 0.3 is 0 Å². The van der Waals surface area contributed by atoms with Crippen molar-refractivity contribution < 1.29 is 4.79 Å². The van der Waals surface area contributed by atoms with Crippen molar-refractivity contribution in [3.05, 3.63) is 53.7 Å². The Kier molecular flexibility index (Phi) is 6.79. The summed E-state index contributed by atoms with van der Waals surface area (Å²) in [5.41, 5.74) is 2.66. The van der Waals surface area contributed by atoms with Crippen LogP contribution in [0.25, 0.3) is 0 Å². The second-order valence-corrected chi connectivity index (χ2v) is 5.85. The van der Waals surface area contributed by atoms with Gasteiger partial charge in [0, 0.05) is 30.5 Å². The van der Waals surface area contributed by atoms with E-state index >= 15 is 0 Å². The molecule has 24 heavy (non-hydrogen) atoms. The number of nitrogens with one attached hydrogen (secondary N) is 1. The van der Waals surface area contributed by atoms with Crippen LogP contribution in [0.2, 0.25) is 0 Å². The molecule has 0 bridgehead atoms. The molecule has 0 radical (unpaired) electrons. The van der Waals surface area contributed by atoms with E-state index in [1.165, 1.54) is 0 Å². The lowest BCUT2D eigenvalue weighted by molar-refractivity contribution is 0.102. The third-order valence-corrected chi connectivity index (χ3v) is 3.97. The molecule has 1 aromatic heterocycles. The van der Waals surface area contributed by atoms with E-state index in [-0.39, 0.29) is 5.91 Å². The molecule has 0 unspecified atom stereocenters. The molecule has 4 nitrogen and oxygen atoms in total. The number of aromatic nitrogens is 1. The van der Waals surface area contributed by atoms with E-state index in [9.17, 15) is 4.79 Å². The summed E-state index contributed by atoms with van der Waals surface area (Å²) in [5, 5.41) is 3.02. The molecule has 2 rings (SSSR count). The number of carbonyl (C=O) groups is 1. The molecule has 0 spiro atoms. The molecule has 0 aliphatic carbocycles. The van der Waals surface area contributed by atoms with E-state index in [4.69, 9.17) is 0 Å². The predicted molar refractivity (Wildman–Crippen MR) is 101 cm³/mol. The van der Waals surface area contributed by atoms with Crippen molar-refractivity contribution in [3.63, 3.8) is 0 Å². The Balaban J connectivity index is 2.19. The maximum Gasteiger partial charge on any atom is 0.255 e. The molecule has 0 aliphatic rings. The normalized spacial score (nSPS) is 10.5. The first-order valence-electron chi connectivity index (χ1n) is 8.79. The lowest BCUT2D eigenvalue weighted by Gasteiger charge is -2.22. The van der Waals surface area contributed by atoms with Crippen LogP contribution in [0.15, 0.2) is 42.6 Å². The molecule has 2 aromatic rings. The third-order valence-electron chi connectivity index (χ3n) is 3.97. The molecule has 0 saturated heterocycles. The highest BCUT2D eigenvalue weighted by Gasteiger charge is 2.12. The van der Waals surface area contributed by atoms with Gasteiger partial charge in [-0.1, -0.05) is 39.0 Å². The highest BCUT2D eigenvalue weighted by Crippen LogP contribution is 2.18. The number of carbonyl (C=O) groups excluding carboxylic acids is 1. The minimum absolute atomic E-state index is 0.0903. The highest BCUT2D eigenvalue weighted by molar-refractivity contribution is 6.05. The van der Waals surface area contributed by atoms with Gasteiger partial charge in [0.05, 0.1) is 0 Å². The molecular weight excluding hydrogens is 298 g/mol. The largest absolute Gasteiger partial charge is 0.357 e. The van der Waals surface area contributed by atoms with E-state index in [1.54, 1.807) is 12.3 Å². The summed E-state index contributed by atoms with van der Waals surface area (Å²) in [5.74, 6) is 0.780. The van der Waals surface area contributed by atoms with Crippen molar-refractivity contribution in [2.75, 3.05) is 23.3 Å². The molecule has 4 heteroatoms. The van der Waals surface area contributed by atoms with Crippen LogP contribution >= 0.6 is 0 Å². The number of hydrogen-bond donors (Lipinski definition) is 1. The standard InChI is InChI=1S/C20H27N3O/c1-4-13-23(14-5-2)19-15-17(11-12-21-19)20(24)22-18-10-8-7-9-16(18)6-3/h7-12,15H,4-6,13-14H2,1-3H3,(H,22,24). The summed E-state index contributed by atoms with van der Waals surface area (Å²) in [6.45, 7) is 8.29. The molecule has 1 N–H and O–H groups in total. The number of para-hydroxylation sites is 1. The maximum atomic E-state index is 12.6. The van der Waals surface area contributed by atoms with Gasteiger partial charge in [-0.3, -0.25) is 4.79 Å². The molecule has 0 aliphatic heterocycles. The van der Waals surface area contributed by atoms with Crippen LogP contribution in [0.5, 0.6) is 0 Å². The smallest absolute Gasteiger partial charge is 0.255 e. The molecule has 128 valence electrons. The van der Waals surface area contributed by atoms with Crippen LogP contribution in [0.3, 0.4) is 0 Å². The van der Waals surface area contributed by atoms with Crippen molar-refractivity contribution in [3.8, 4) is 0 Å². The van der Waals surface area contributed by atoms with Crippen LogP contribution in [-0.4, -0.2) is 24.0 Å². The van der Waals surface area contributed by atoms with E-state index in [1.807, 2.05) is 30.3 Å². The van der Waals surface area contributed by atoms with Crippen LogP contribution in [0.4, 0.5) is 11.5 Å². The number of pyridine rings is 1. The fourth-order valence-corrected chi connectivity index (χ4v) is 2.76. The second-order valence-electron chi connectivity index (χ2n) is 5.85. The van der Waals surface area contributed by atoms with Crippen molar-refractivity contribution in [2.24, 2.45) is 0 Å². The van der Waals surface area contributed by atoms with Gasteiger partial charge in [0.1, 0.15) is 5.82 Å². The van der Waals surface area contributed by atoms with Crippen LogP contribution in [0, 0.1) is 0 Å². The van der Waals surface area contributed by atoms with Gasteiger partial charge in [-0.05, 0) is 43.0 Å². The molecule has 0 saturated carbocycles. The zero-order valence-electron chi connectivity index (χ0n) is 14.9. The monoisotopic (exact) mass is 325 g/mol. The van der Waals surface area contributed by atoms with Crippen molar-refractivity contribution in [1.29, 1.82) is 0 Å². The van der Waals surface area contributed by atoms with Crippen LogP contribution in [-0.2, 0) is 6.42 Å². The minimum Gasteiger partial charge on any atom is -0.357 e. The highest BCUT2D eigenvalue weighted by atomic mass is 16.1. The Labute approximate surface area is 144 Å². The van der Waals surface area contributed by atoms with Gasteiger partial charge in [0.2, 0.25) is 0 Å². The summed E-state index contributed by atoms with van der Waals surface area (Å²) in [6.07, 6.45) is 4.72. The topological polar surface area (TPSA) is 45.2 Å². The summed E-state index contributed by atoms with van der Waals surface area (Å²) in [4.78, 5) is 19.3. The minimum atomic E-state index is -0.0903. The summed E-state index contributed by atoms with van der Waals surface area (Å²) < 4.78 is 0. The molecule has 0 fully saturated rings. The van der Waals surface area contributed by atoms with Gasteiger partial charge in [-0.15, -0.1) is 0 Å². The van der Waals surface area contributed by atoms with Gasteiger partial charge in [0.15, 0.2) is 0 Å². The van der Waals surface area contributed by atoms with Gasteiger partial charge < -0.3 is 10.2 Å². The first-order chi connectivity index (χ1) is 11.7. The van der Waals surface area contributed by atoms with Crippen molar-refractivity contribution >= 4 is 17.4 Å². The van der Waals surface area contributed by atoms with E-state index in [0.717, 1.165) is 49.4 Å². The molecule has 1 amide bonds. The number of nitrogens with zero attached hydrogens (tertiary/aromatic N) is 2. The third kappa shape index (κ3) is 4.57. The van der Waals surface area contributed by atoms with E-state index in [0.29, 0.717) is 5.56 Å². The van der Waals surface area contributed by atoms with Crippen LogP contribution in [0.1, 0.15) is 49.5 Å². The SMILES string of the molecule is CCCN(CCC)c1cc(C(=O)Nc2ccccc2CC)ccn1. The van der Waals surface area contributed by atoms with Gasteiger partial charge in [0.25, 0.3) is 5.91 Å². The number of rotatable bonds is 8. The first-order valence-corrected chi connectivity index (χ1v) is 8.79. The number of benzene rings is 1. The maximum absolute atomic E-state index is 12.6. The molecule has 1 aromatic carbocycles. The quantitative estimate of drug-likeness (QED) is 0.776. The number of amides is 1. The number of aryl methyl sites for hydroxylation is 1. The average molecular weight is 325 g/mol. The average Bonchev–Trinajstić information content (AvgIpc) is 2.62. The molecule has 1 heterocycles. The lowest BCUT2D eigenvalue weighted by atomic mass is 10.1.